The Balaban J connectivity index is 2.34. The molecule has 0 aliphatic carbocycles. The second kappa shape index (κ2) is 4.49. The van der Waals surface area contributed by atoms with Gasteiger partial charge in [-0.05, 0) is 40.2 Å². The summed E-state index contributed by atoms with van der Waals surface area (Å²) in [7, 11) is 0. The number of halogens is 2. The van der Waals surface area contributed by atoms with E-state index in [2.05, 4.69) is 26.2 Å². The number of nitrogens with two attached hydrogens (primary N) is 1. The van der Waals surface area contributed by atoms with Crippen LogP contribution in [0.15, 0.2) is 40.9 Å². The highest BCUT2D eigenvalue weighted by Gasteiger charge is 2.06. The Morgan fingerprint density at radius 3 is 2.62 bits per heavy atom. The second-order valence-electron chi connectivity index (χ2n) is 3.17. The van der Waals surface area contributed by atoms with Gasteiger partial charge in [-0.25, -0.2) is 9.37 Å². The van der Waals surface area contributed by atoms with Gasteiger partial charge in [0.1, 0.15) is 17.5 Å². The summed E-state index contributed by atoms with van der Waals surface area (Å²) in [5, 5.41) is 2.87. The van der Waals surface area contributed by atoms with Crippen molar-refractivity contribution in [2.75, 3.05) is 11.1 Å². The average Bonchev–Trinajstić information content (AvgIpc) is 2.24. The highest BCUT2D eigenvalue weighted by molar-refractivity contribution is 9.10. The summed E-state index contributed by atoms with van der Waals surface area (Å²) in [5.74, 6) is 0.543. The van der Waals surface area contributed by atoms with E-state index in [1.54, 1.807) is 30.3 Å². The number of rotatable bonds is 2. The maximum Gasteiger partial charge on any atom is 0.147 e. The van der Waals surface area contributed by atoms with Crippen LogP contribution in [0.2, 0.25) is 0 Å². The number of anilines is 3. The molecule has 0 aliphatic rings. The van der Waals surface area contributed by atoms with Gasteiger partial charge in [0.05, 0.1) is 5.69 Å². The van der Waals surface area contributed by atoms with E-state index in [1.165, 1.54) is 6.07 Å². The Bertz CT molecular complexity index is 496. The van der Waals surface area contributed by atoms with Crippen molar-refractivity contribution in [1.82, 2.24) is 4.98 Å². The SMILES string of the molecule is Nc1cccc(Nc2c(F)cccc2Br)n1. The van der Waals surface area contributed by atoms with Crippen molar-refractivity contribution in [3.05, 3.63) is 46.7 Å². The molecule has 1 heterocycles. The molecule has 0 saturated carbocycles. The van der Waals surface area contributed by atoms with Crippen molar-refractivity contribution >= 4 is 33.3 Å². The average molecular weight is 282 g/mol. The Labute approximate surface area is 101 Å². The number of aromatic nitrogens is 1. The third kappa shape index (κ3) is 2.30. The van der Waals surface area contributed by atoms with Crippen LogP contribution < -0.4 is 11.1 Å². The number of pyridine rings is 1. The Kier molecular flexibility index (Phi) is 3.05. The minimum atomic E-state index is -0.349. The predicted octanol–water partition coefficient (Wildman–Crippen LogP) is 3.31. The van der Waals surface area contributed by atoms with E-state index >= 15 is 0 Å². The smallest absolute Gasteiger partial charge is 0.147 e. The maximum atomic E-state index is 13.5. The lowest BCUT2D eigenvalue weighted by Gasteiger charge is -2.08. The van der Waals surface area contributed by atoms with Crippen molar-refractivity contribution in [2.24, 2.45) is 0 Å². The summed E-state index contributed by atoms with van der Waals surface area (Å²) in [6, 6.07) is 9.88. The first-order chi connectivity index (χ1) is 7.66. The monoisotopic (exact) mass is 281 g/mol. The fourth-order valence-electron chi connectivity index (χ4n) is 1.27. The molecule has 82 valence electrons. The van der Waals surface area contributed by atoms with E-state index in [0.29, 0.717) is 21.8 Å². The highest BCUT2D eigenvalue weighted by Crippen LogP contribution is 2.27. The van der Waals surface area contributed by atoms with Crippen LogP contribution in [0.1, 0.15) is 0 Å². The summed E-state index contributed by atoms with van der Waals surface area (Å²) in [6.07, 6.45) is 0. The zero-order valence-electron chi connectivity index (χ0n) is 8.24. The van der Waals surface area contributed by atoms with Gasteiger partial charge in [-0.15, -0.1) is 0 Å². The molecule has 5 heteroatoms. The molecule has 3 N–H and O–H groups in total. The third-order valence-corrected chi connectivity index (χ3v) is 2.65. The van der Waals surface area contributed by atoms with Gasteiger partial charge in [0, 0.05) is 4.47 Å². The molecule has 2 aromatic rings. The van der Waals surface area contributed by atoms with Crippen molar-refractivity contribution in [2.45, 2.75) is 0 Å². The van der Waals surface area contributed by atoms with Crippen LogP contribution in [0.4, 0.5) is 21.7 Å². The third-order valence-electron chi connectivity index (χ3n) is 1.99. The fourth-order valence-corrected chi connectivity index (χ4v) is 1.71. The van der Waals surface area contributed by atoms with Crippen LogP contribution >= 0.6 is 15.9 Å². The minimum absolute atomic E-state index is 0.348. The number of nitrogen functional groups attached to an aromatic ring is 1. The van der Waals surface area contributed by atoms with Crippen LogP contribution in [-0.4, -0.2) is 4.98 Å². The second-order valence-corrected chi connectivity index (χ2v) is 4.02. The van der Waals surface area contributed by atoms with Gasteiger partial charge in [-0.3, -0.25) is 0 Å². The van der Waals surface area contributed by atoms with E-state index in [9.17, 15) is 4.39 Å². The van der Waals surface area contributed by atoms with E-state index in [-0.39, 0.29) is 5.82 Å². The molecule has 1 aromatic heterocycles. The van der Waals surface area contributed by atoms with E-state index in [0.717, 1.165) is 0 Å². The van der Waals surface area contributed by atoms with Crippen LogP contribution in [0, 0.1) is 5.82 Å². The zero-order chi connectivity index (χ0) is 11.5. The van der Waals surface area contributed by atoms with Gasteiger partial charge in [-0.2, -0.15) is 0 Å². The standard InChI is InChI=1S/C11H9BrFN3/c12-7-3-1-4-8(13)11(7)16-10-6-2-5-9(14)15-10/h1-6H,(H3,14,15,16). The lowest BCUT2D eigenvalue weighted by atomic mass is 10.3. The van der Waals surface area contributed by atoms with Crippen molar-refractivity contribution in [1.29, 1.82) is 0 Å². The summed E-state index contributed by atoms with van der Waals surface area (Å²) in [6.45, 7) is 0. The molecule has 0 bridgehead atoms. The first-order valence-corrected chi connectivity index (χ1v) is 5.39. The van der Waals surface area contributed by atoms with Crippen LogP contribution in [0.25, 0.3) is 0 Å². The van der Waals surface area contributed by atoms with Crippen LogP contribution in [0.3, 0.4) is 0 Å². The Hall–Kier alpha value is -1.62. The summed E-state index contributed by atoms with van der Waals surface area (Å²) >= 11 is 3.26. The lowest BCUT2D eigenvalue weighted by Crippen LogP contribution is -1.99. The first kappa shape index (κ1) is 10.9. The molecule has 16 heavy (non-hydrogen) atoms. The predicted molar refractivity (Wildman–Crippen MR) is 66.0 cm³/mol. The molecule has 0 atom stereocenters. The van der Waals surface area contributed by atoms with Crippen molar-refractivity contribution < 1.29 is 4.39 Å². The molecule has 0 amide bonds. The number of benzene rings is 1. The summed E-state index contributed by atoms with van der Waals surface area (Å²) in [5.41, 5.74) is 5.88. The van der Waals surface area contributed by atoms with Gasteiger partial charge in [0.25, 0.3) is 0 Å². The van der Waals surface area contributed by atoms with Crippen LogP contribution in [-0.2, 0) is 0 Å². The van der Waals surface area contributed by atoms with E-state index < -0.39 is 0 Å². The number of para-hydroxylation sites is 1. The summed E-state index contributed by atoms with van der Waals surface area (Å²) < 4.78 is 14.1. The molecule has 0 saturated heterocycles. The van der Waals surface area contributed by atoms with Crippen molar-refractivity contribution in [3.8, 4) is 0 Å². The first-order valence-electron chi connectivity index (χ1n) is 4.60. The molecule has 0 radical (unpaired) electrons. The largest absolute Gasteiger partial charge is 0.384 e. The molecule has 0 fully saturated rings. The molecule has 3 nitrogen and oxygen atoms in total. The van der Waals surface area contributed by atoms with Gasteiger partial charge < -0.3 is 11.1 Å². The highest BCUT2D eigenvalue weighted by atomic mass is 79.9. The van der Waals surface area contributed by atoms with Gasteiger partial charge in [-0.1, -0.05) is 12.1 Å². The molecule has 1 aromatic carbocycles. The normalized spacial score (nSPS) is 10.1. The quantitative estimate of drug-likeness (QED) is 0.888. The molecule has 0 spiro atoms. The molecule has 0 unspecified atom stereocenters. The number of nitrogens with zero attached hydrogens (tertiary/aromatic N) is 1. The number of hydrogen-bond donors (Lipinski definition) is 2. The Morgan fingerprint density at radius 1 is 1.19 bits per heavy atom. The van der Waals surface area contributed by atoms with Gasteiger partial charge in [0.2, 0.25) is 0 Å². The van der Waals surface area contributed by atoms with Gasteiger partial charge >= 0.3 is 0 Å². The number of nitrogens with one attached hydrogen (secondary N) is 1. The topological polar surface area (TPSA) is 50.9 Å². The minimum Gasteiger partial charge on any atom is -0.384 e. The Morgan fingerprint density at radius 2 is 1.94 bits per heavy atom. The molecule has 2 rings (SSSR count). The van der Waals surface area contributed by atoms with E-state index in [4.69, 9.17) is 5.73 Å². The fraction of sp³-hybridized carbons (Fsp3) is 0. The molecular weight excluding hydrogens is 273 g/mol. The van der Waals surface area contributed by atoms with Crippen LogP contribution in [0.5, 0.6) is 0 Å². The zero-order valence-corrected chi connectivity index (χ0v) is 9.83. The number of hydrogen-bond acceptors (Lipinski definition) is 3. The maximum absolute atomic E-state index is 13.5. The van der Waals surface area contributed by atoms with Gasteiger partial charge in [0.15, 0.2) is 0 Å². The molecular formula is C11H9BrFN3. The molecule has 0 aliphatic heterocycles. The van der Waals surface area contributed by atoms with E-state index in [1.807, 2.05) is 0 Å². The van der Waals surface area contributed by atoms with Crippen molar-refractivity contribution in [3.63, 3.8) is 0 Å². The lowest BCUT2D eigenvalue weighted by molar-refractivity contribution is 0.631. The summed E-state index contributed by atoms with van der Waals surface area (Å²) in [4.78, 5) is 4.03.